The summed E-state index contributed by atoms with van der Waals surface area (Å²) in [5.74, 6) is 0.151. The average Bonchev–Trinajstić information content (AvgIpc) is 2.98. The van der Waals surface area contributed by atoms with Crippen LogP contribution in [-0.2, 0) is 11.2 Å². The number of carbonyl (C=O) groups excluding carboxylic acids is 1. The van der Waals surface area contributed by atoms with Gasteiger partial charge in [0.2, 0.25) is 5.91 Å². The Balaban J connectivity index is 1.77. The van der Waals surface area contributed by atoms with Gasteiger partial charge in [0.15, 0.2) is 0 Å². The molecule has 1 atom stereocenters. The van der Waals surface area contributed by atoms with Gasteiger partial charge in [-0.05, 0) is 37.5 Å². The van der Waals surface area contributed by atoms with E-state index in [4.69, 9.17) is 0 Å². The summed E-state index contributed by atoms with van der Waals surface area (Å²) < 4.78 is 1.87. The van der Waals surface area contributed by atoms with E-state index in [1.165, 1.54) is 0 Å². The van der Waals surface area contributed by atoms with Crippen molar-refractivity contribution in [1.82, 2.24) is 15.1 Å². The van der Waals surface area contributed by atoms with E-state index in [1.54, 1.807) is 0 Å². The van der Waals surface area contributed by atoms with Crippen LogP contribution in [-0.4, -0.2) is 21.2 Å². The molecular weight excluding hydrogens is 238 g/mol. The first-order valence-corrected chi connectivity index (χ1v) is 6.55. The highest BCUT2D eigenvalue weighted by Crippen LogP contribution is 2.24. The molecule has 1 aliphatic rings. The standard InChI is InChI=1S/C15H17N3O/c1-15(8-7-14(19)17-15)9-12-10-16-18(11-12)13-5-3-2-4-6-13/h2-6,10-11H,7-9H2,1H3,(H,17,19). The largest absolute Gasteiger partial charge is 0.351 e. The molecule has 1 aromatic heterocycles. The number of nitrogens with one attached hydrogen (secondary N) is 1. The van der Waals surface area contributed by atoms with E-state index >= 15 is 0 Å². The van der Waals surface area contributed by atoms with E-state index in [0.29, 0.717) is 6.42 Å². The zero-order valence-electron chi connectivity index (χ0n) is 11.0. The fourth-order valence-corrected chi connectivity index (χ4v) is 2.61. The van der Waals surface area contributed by atoms with Crippen molar-refractivity contribution in [3.8, 4) is 5.69 Å². The highest BCUT2D eigenvalue weighted by atomic mass is 16.2. The van der Waals surface area contributed by atoms with Gasteiger partial charge in [-0.15, -0.1) is 0 Å². The second kappa shape index (κ2) is 4.53. The molecule has 98 valence electrons. The second-order valence-corrected chi connectivity index (χ2v) is 5.41. The van der Waals surface area contributed by atoms with Gasteiger partial charge < -0.3 is 5.32 Å². The first-order chi connectivity index (χ1) is 9.15. The van der Waals surface area contributed by atoms with E-state index < -0.39 is 0 Å². The molecule has 19 heavy (non-hydrogen) atoms. The first kappa shape index (κ1) is 12.0. The van der Waals surface area contributed by atoms with Crippen LogP contribution in [0.25, 0.3) is 5.69 Å². The van der Waals surface area contributed by atoms with Crippen molar-refractivity contribution in [2.75, 3.05) is 0 Å². The highest BCUT2D eigenvalue weighted by molar-refractivity contribution is 5.79. The zero-order chi connectivity index (χ0) is 13.3. The predicted molar refractivity (Wildman–Crippen MR) is 73.0 cm³/mol. The van der Waals surface area contributed by atoms with E-state index in [1.807, 2.05) is 47.4 Å². The Hall–Kier alpha value is -2.10. The summed E-state index contributed by atoms with van der Waals surface area (Å²) in [6.45, 7) is 2.09. The van der Waals surface area contributed by atoms with Gasteiger partial charge in [-0.2, -0.15) is 5.10 Å². The summed E-state index contributed by atoms with van der Waals surface area (Å²) in [7, 11) is 0. The smallest absolute Gasteiger partial charge is 0.220 e. The zero-order valence-corrected chi connectivity index (χ0v) is 11.0. The van der Waals surface area contributed by atoms with Crippen molar-refractivity contribution in [1.29, 1.82) is 0 Å². The minimum absolute atomic E-state index is 0.123. The molecule has 0 radical (unpaired) electrons. The van der Waals surface area contributed by atoms with Crippen LogP contribution in [0.5, 0.6) is 0 Å². The fraction of sp³-hybridized carbons (Fsp3) is 0.333. The van der Waals surface area contributed by atoms with E-state index in [0.717, 1.165) is 24.1 Å². The molecule has 0 aliphatic carbocycles. The van der Waals surface area contributed by atoms with E-state index in [9.17, 15) is 4.79 Å². The monoisotopic (exact) mass is 255 g/mol. The Bertz CT molecular complexity index is 590. The molecule has 4 heteroatoms. The van der Waals surface area contributed by atoms with Crippen LogP contribution >= 0.6 is 0 Å². The predicted octanol–water partition coefficient (Wildman–Crippen LogP) is 2.08. The Morgan fingerprint density at radius 2 is 2.16 bits per heavy atom. The topological polar surface area (TPSA) is 46.9 Å². The van der Waals surface area contributed by atoms with Gasteiger partial charge in [0, 0.05) is 18.2 Å². The van der Waals surface area contributed by atoms with Crippen LogP contribution in [0.2, 0.25) is 0 Å². The summed E-state index contributed by atoms with van der Waals surface area (Å²) in [4.78, 5) is 11.3. The van der Waals surface area contributed by atoms with E-state index in [2.05, 4.69) is 17.3 Å². The number of nitrogens with zero attached hydrogens (tertiary/aromatic N) is 2. The maximum Gasteiger partial charge on any atom is 0.220 e. The third-order valence-electron chi connectivity index (χ3n) is 3.60. The lowest BCUT2D eigenvalue weighted by Gasteiger charge is -2.22. The molecule has 1 N–H and O–H groups in total. The summed E-state index contributed by atoms with van der Waals surface area (Å²) in [6, 6.07) is 10.0. The third-order valence-corrected chi connectivity index (χ3v) is 3.60. The van der Waals surface area contributed by atoms with Crippen LogP contribution in [0.15, 0.2) is 42.7 Å². The highest BCUT2D eigenvalue weighted by Gasteiger charge is 2.33. The number of aromatic nitrogens is 2. The minimum Gasteiger partial charge on any atom is -0.351 e. The van der Waals surface area contributed by atoms with Crippen LogP contribution in [0, 0.1) is 0 Å². The molecule has 3 rings (SSSR count). The minimum atomic E-state index is -0.123. The summed E-state index contributed by atoms with van der Waals surface area (Å²) in [5, 5.41) is 7.43. The van der Waals surface area contributed by atoms with Gasteiger partial charge in [-0.1, -0.05) is 18.2 Å². The summed E-state index contributed by atoms with van der Waals surface area (Å²) >= 11 is 0. The van der Waals surface area contributed by atoms with Gasteiger partial charge >= 0.3 is 0 Å². The number of amides is 1. The molecule has 1 saturated heterocycles. The number of rotatable bonds is 3. The number of benzene rings is 1. The molecule has 1 unspecified atom stereocenters. The SMILES string of the molecule is CC1(Cc2cnn(-c3ccccc3)c2)CCC(=O)N1. The molecule has 1 fully saturated rings. The van der Waals surface area contributed by atoms with Gasteiger partial charge in [-0.25, -0.2) is 4.68 Å². The Labute approximate surface area is 112 Å². The second-order valence-electron chi connectivity index (χ2n) is 5.41. The lowest BCUT2D eigenvalue weighted by Crippen LogP contribution is -2.40. The average molecular weight is 255 g/mol. The molecule has 1 aromatic carbocycles. The van der Waals surface area contributed by atoms with E-state index in [-0.39, 0.29) is 11.4 Å². The third kappa shape index (κ3) is 2.52. The molecule has 1 amide bonds. The number of para-hydroxylation sites is 1. The molecule has 2 aromatic rings. The van der Waals surface area contributed by atoms with Gasteiger partial charge in [0.25, 0.3) is 0 Å². The quantitative estimate of drug-likeness (QED) is 0.912. The van der Waals surface area contributed by atoms with Crippen molar-refractivity contribution >= 4 is 5.91 Å². The van der Waals surface area contributed by atoms with Crippen LogP contribution in [0.3, 0.4) is 0 Å². The lowest BCUT2D eigenvalue weighted by atomic mass is 9.93. The van der Waals surface area contributed by atoms with Crippen molar-refractivity contribution < 1.29 is 4.79 Å². The molecule has 0 bridgehead atoms. The Kier molecular flexibility index (Phi) is 2.85. The van der Waals surface area contributed by atoms with Crippen molar-refractivity contribution in [2.45, 2.75) is 31.7 Å². The van der Waals surface area contributed by atoms with Crippen molar-refractivity contribution in [2.24, 2.45) is 0 Å². The van der Waals surface area contributed by atoms with Crippen molar-refractivity contribution in [3.63, 3.8) is 0 Å². The number of hydrogen-bond donors (Lipinski definition) is 1. The Morgan fingerprint density at radius 1 is 1.37 bits per heavy atom. The van der Waals surface area contributed by atoms with Gasteiger partial charge in [-0.3, -0.25) is 4.79 Å². The molecule has 0 spiro atoms. The van der Waals surface area contributed by atoms with Gasteiger partial charge in [0.1, 0.15) is 0 Å². The maximum atomic E-state index is 11.3. The molecule has 1 aliphatic heterocycles. The summed E-state index contributed by atoms with van der Waals surface area (Å²) in [5.41, 5.74) is 2.07. The Morgan fingerprint density at radius 3 is 2.84 bits per heavy atom. The fourth-order valence-electron chi connectivity index (χ4n) is 2.61. The van der Waals surface area contributed by atoms with Crippen LogP contribution in [0.4, 0.5) is 0 Å². The number of carbonyl (C=O) groups is 1. The maximum absolute atomic E-state index is 11.3. The molecule has 0 saturated carbocycles. The van der Waals surface area contributed by atoms with Crippen molar-refractivity contribution in [3.05, 3.63) is 48.3 Å². The van der Waals surface area contributed by atoms with Crippen LogP contribution in [0.1, 0.15) is 25.3 Å². The molecule has 2 heterocycles. The number of hydrogen-bond acceptors (Lipinski definition) is 2. The molecule has 4 nitrogen and oxygen atoms in total. The van der Waals surface area contributed by atoms with Crippen LogP contribution < -0.4 is 5.32 Å². The first-order valence-electron chi connectivity index (χ1n) is 6.55. The molecular formula is C15H17N3O. The van der Waals surface area contributed by atoms with Gasteiger partial charge in [0.05, 0.1) is 11.9 Å². The lowest BCUT2D eigenvalue weighted by molar-refractivity contribution is -0.119. The normalized spacial score (nSPS) is 22.5. The summed E-state index contributed by atoms with van der Waals surface area (Å²) in [6.07, 6.45) is 6.25.